The SMILES string of the molecule is C=C[C@]1(C)C[C@@H](OC(=O)COc2cc3c(cc2OC)CO[B]3)[C@]2(C)[C@H](C)CC[C@]3(CCC(=O)[C@H]32)[C@@H](C)[C@@H]1O. The standard InChI is InChI=1S/C30H40BO7/c1-7-28(4)14-24(38-25(33)16-36-23-13-20-19(15-37-31-20)12-22(23)35-6)29(5)17(2)8-10-30(18(3)27(28)34)11-9-21(32)26(29)30/h7,12-13,17-18,24,26-27,34H,1,8-11,14-16H2,2-6H3/t17-,18+,24-,26+,27+,28-,29+,30+/m1/s1. The van der Waals surface area contributed by atoms with Gasteiger partial charge in [0.1, 0.15) is 11.9 Å². The second kappa shape index (κ2) is 9.70. The van der Waals surface area contributed by atoms with E-state index in [9.17, 15) is 14.7 Å². The normalized spacial score (nSPS) is 39.7. The molecule has 7 nitrogen and oxygen atoms in total. The molecule has 0 amide bonds. The molecule has 3 fully saturated rings. The molecule has 1 N–H and O–H groups in total. The van der Waals surface area contributed by atoms with Crippen LogP contribution in [-0.2, 0) is 25.6 Å². The van der Waals surface area contributed by atoms with E-state index in [4.69, 9.17) is 18.9 Å². The zero-order valence-corrected chi connectivity index (χ0v) is 23.2. The third kappa shape index (κ3) is 4.01. The summed E-state index contributed by atoms with van der Waals surface area (Å²) in [5.41, 5.74) is 0.342. The number of esters is 1. The number of benzene rings is 1. The van der Waals surface area contributed by atoms with Crippen LogP contribution in [0.5, 0.6) is 11.5 Å². The molecule has 1 heterocycles. The molecule has 0 saturated heterocycles. The van der Waals surface area contributed by atoms with Gasteiger partial charge in [0.2, 0.25) is 0 Å². The molecule has 0 spiro atoms. The highest BCUT2D eigenvalue weighted by Crippen LogP contribution is 2.68. The van der Waals surface area contributed by atoms with E-state index in [2.05, 4.69) is 27.4 Å². The molecular weight excluding hydrogens is 483 g/mol. The minimum atomic E-state index is -0.696. The van der Waals surface area contributed by atoms with Gasteiger partial charge in [-0.25, -0.2) is 4.79 Å². The molecule has 8 heteroatoms. The molecular formula is C30H40BO7. The van der Waals surface area contributed by atoms with Gasteiger partial charge in [-0.2, -0.15) is 0 Å². The quantitative estimate of drug-likeness (QED) is 0.345. The zero-order valence-electron chi connectivity index (χ0n) is 23.2. The fourth-order valence-electron chi connectivity index (χ4n) is 8.18. The van der Waals surface area contributed by atoms with Gasteiger partial charge < -0.3 is 24.0 Å². The predicted molar refractivity (Wildman–Crippen MR) is 143 cm³/mol. The number of methoxy groups -OCH3 is 1. The van der Waals surface area contributed by atoms with Crippen molar-refractivity contribution in [2.24, 2.45) is 34.0 Å². The van der Waals surface area contributed by atoms with Gasteiger partial charge in [-0.1, -0.05) is 33.8 Å². The first-order chi connectivity index (χ1) is 18.0. The van der Waals surface area contributed by atoms with Gasteiger partial charge in [-0.15, -0.1) is 6.58 Å². The van der Waals surface area contributed by atoms with Crippen molar-refractivity contribution in [3.63, 3.8) is 0 Å². The number of fused-ring (bicyclic) bond motifs is 1. The van der Waals surface area contributed by atoms with Gasteiger partial charge in [0.15, 0.2) is 18.1 Å². The van der Waals surface area contributed by atoms with Crippen LogP contribution in [0.25, 0.3) is 0 Å². The molecule has 1 aromatic carbocycles. The molecule has 205 valence electrons. The van der Waals surface area contributed by atoms with Crippen molar-refractivity contribution in [2.75, 3.05) is 13.7 Å². The van der Waals surface area contributed by atoms with Crippen molar-refractivity contribution in [3.8, 4) is 11.5 Å². The second-order valence-electron chi connectivity index (χ2n) is 12.5. The van der Waals surface area contributed by atoms with Gasteiger partial charge in [0.05, 0.1) is 19.8 Å². The smallest absolute Gasteiger partial charge is 0.344 e. The number of rotatable bonds is 6. The van der Waals surface area contributed by atoms with Crippen LogP contribution in [0.2, 0.25) is 0 Å². The van der Waals surface area contributed by atoms with E-state index in [0.29, 0.717) is 30.9 Å². The van der Waals surface area contributed by atoms with Crippen molar-refractivity contribution >= 4 is 24.7 Å². The Morgan fingerprint density at radius 1 is 1.26 bits per heavy atom. The molecule has 8 atom stereocenters. The van der Waals surface area contributed by atoms with Crippen molar-refractivity contribution < 1.29 is 33.6 Å². The topological polar surface area (TPSA) is 91.3 Å². The molecule has 4 aliphatic rings. The summed E-state index contributed by atoms with van der Waals surface area (Å²) >= 11 is 0. The third-order valence-corrected chi connectivity index (χ3v) is 10.8. The lowest BCUT2D eigenvalue weighted by molar-refractivity contribution is -0.207. The lowest BCUT2D eigenvalue weighted by atomic mass is 9.44. The highest BCUT2D eigenvalue weighted by Gasteiger charge is 2.68. The maximum atomic E-state index is 13.5. The lowest BCUT2D eigenvalue weighted by Gasteiger charge is -2.61. The minimum Gasteiger partial charge on any atom is -0.493 e. The molecule has 3 aliphatic carbocycles. The average molecular weight is 523 g/mol. The fourth-order valence-corrected chi connectivity index (χ4v) is 8.18. The van der Waals surface area contributed by atoms with Gasteiger partial charge in [0, 0.05) is 23.2 Å². The third-order valence-electron chi connectivity index (χ3n) is 10.8. The molecule has 1 aromatic rings. The summed E-state index contributed by atoms with van der Waals surface area (Å²) < 4.78 is 23.0. The largest absolute Gasteiger partial charge is 0.493 e. The summed E-state index contributed by atoms with van der Waals surface area (Å²) in [6.07, 6.45) is 4.03. The number of aliphatic hydroxyl groups is 1. The van der Waals surface area contributed by atoms with E-state index >= 15 is 0 Å². The Morgan fingerprint density at radius 2 is 2.03 bits per heavy atom. The molecule has 38 heavy (non-hydrogen) atoms. The molecule has 5 rings (SSSR count). The van der Waals surface area contributed by atoms with E-state index in [0.717, 1.165) is 30.3 Å². The van der Waals surface area contributed by atoms with Crippen LogP contribution in [-0.4, -0.2) is 50.3 Å². The molecule has 0 unspecified atom stereocenters. The van der Waals surface area contributed by atoms with Crippen LogP contribution in [0.1, 0.15) is 65.4 Å². The number of carbonyl (C=O) groups is 2. The number of aliphatic hydroxyl groups excluding tert-OH is 1. The Labute approximate surface area is 226 Å². The fraction of sp³-hybridized carbons (Fsp3) is 0.667. The number of ketones is 1. The number of hydrogen-bond acceptors (Lipinski definition) is 7. The van der Waals surface area contributed by atoms with Crippen molar-refractivity contribution in [1.82, 2.24) is 0 Å². The second-order valence-corrected chi connectivity index (χ2v) is 12.5. The maximum absolute atomic E-state index is 13.5. The summed E-state index contributed by atoms with van der Waals surface area (Å²) in [5, 5.41) is 11.7. The first kappa shape index (κ1) is 27.3. The molecule has 3 saturated carbocycles. The monoisotopic (exact) mass is 523 g/mol. The first-order valence-electron chi connectivity index (χ1n) is 13.8. The molecule has 1 radical (unpaired) electrons. The van der Waals surface area contributed by atoms with E-state index in [1.165, 1.54) is 0 Å². The van der Waals surface area contributed by atoms with E-state index in [1.807, 2.05) is 13.0 Å². The first-order valence-corrected chi connectivity index (χ1v) is 13.8. The van der Waals surface area contributed by atoms with Gasteiger partial charge in [-0.3, -0.25) is 4.79 Å². The number of Topliss-reactive ketones (excluding diaryl/α,β-unsaturated/α-hetero) is 1. The highest BCUT2D eigenvalue weighted by atomic mass is 16.6. The van der Waals surface area contributed by atoms with Crippen molar-refractivity contribution in [1.29, 1.82) is 0 Å². The van der Waals surface area contributed by atoms with Gasteiger partial charge in [0.25, 0.3) is 0 Å². The van der Waals surface area contributed by atoms with Crippen molar-refractivity contribution in [2.45, 2.75) is 78.6 Å². The lowest BCUT2D eigenvalue weighted by Crippen LogP contribution is -2.63. The summed E-state index contributed by atoms with van der Waals surface area (Å²) in [6, 6.07) is 3.65. The Hall–Kier alpha value is -2.32. The van der Waals surface area contributed by atoms with Crippen LogP contribution in [0.3, 0.4) is 0 Å². The number of ether oxygens (including phenoxy) is 3. The van der Waals surface area contributed by atoms with E-state index < -0.39 is 29.0 Å². The Balaban J connectivity index is 1.45. The number of carbonyl (C=O) groups excluding carboxylic acids is 2. The summed E-state index contributed by atoms with van der Waals surface area (Å²) in [4.78, 5) is 26.9. The minimum absolute atomic E-state index is 0.0678. The summed E-state index contributed by atoms with van der Waals surface area (Å²) in [6.45, 7) is 12.6. The molecule has 0 aromatic heterocycles. The predicted octanol–water partition coefficient (Wildman–Crippen LogP) is 3.76. The number of hydrogen-bond donors (Lipinski definition) is 1. The summed E-state index contributed by atoms with van der Waals surface area (Å²) in [5.74, 6) is 0.522. The Morgan fingerprint density at radius 3 is 2.74 bits per heavy atom. The van der Waals surface area contributed by atoms with Crippen molar-refractivity contribution in [3.05, 3.63) is 30.4 Å². The van der Waals surface area contributed by atoms with Crippen LogP contribution in [0.4, 0.5) is 0 Å². The van der Waals surface area contributed by atoms with Crippen LogP contribution in [0.15, 0.2) is 24.8 Å². The molecule has 2 bridgehead atoms. The van der Waals surface area contributed by atoms with Gasteiger partial charge >= 0.3 is 13.5 Å². The average Bonchev–Trinajstić information content (AvgIpc) is 3.51. The summed E-state index contributed by atoms with van der Waals surface area (Å²) in [7, 11) is 3.21. The van der Waals surface area contributed by atoms with Crippen LogP contribution >= 0.6 is 0 Å². The Bertz CT molecular complexity index is 1140. The van der Waals surface area contributed by atoms with Crippen LogP contribution in [0, 0.1) is 34.0 Å². The van der Waals surface area contributed by atoms with Crippen LogP contribution < -0.4 is 14.9 Å². The van der Waals surface area contributed by atoms with E-state index in [1.54, 1.807) is 26.7 Å². The maximum Gasteiger partial charge on any atom is 0.344 e. The van der Waals surface area contributed by atoms with Gasteiger partial charge in [-0.05, 0) is 66.1 Å². The van der Waals surface area contributed by atoms with E-state index in [-0.39, 0.29) is 35.6 Å². The molecule has 1 aliphatic heterocycles. The zero-order chi connectivity index (χ0) is 27.5. The highest BCUT2D eigenvalue weighted by molar-refractivity contribution is 6.49. The Kier molecular flexibility index (Phi) is 6.96.